The van der Waals surface area contributed by atoms with Crippen LogP contribution in [0.2, 0.25) is 0 Å². The van der Waals surface area contributed by atoms with Crippen molar-refractivity contribution in [2.45, 2.75) is 39.5 Å². The van der Waals surface area contributed by atoms with Crippen LogP contribution in [0.1, 0.15) is 60.2 Å². The van der Waals surface area contributed by atoms with Crippen LogP contribution in [-0.2, 0) is 14.3 Å². The zero-order valence-electron chi connectivity index (χ0n) is 19.6. The van der Waals surface area contributed by atoms with Gasteiger partial charge >= 0.3 is 5.97 Å². The first kappa shape index (κ1) is 25.0. The second kappa shape index (κ2) is 12.0. The molecule has 1 atom stereocenters. The number of hydrogen-bond donors (Lipinski definition) is 2. The van der Waals surface area contributed by atoms with E-state index in [1.165, 1.54) is 0 Å². The van der Waals surface area contributed by atoms with E-state index in [0.717, 1.165) is 19.3 Å². The number of nitrogens with one attached hydrogen (secondary N) is 2. The van der Waals surface area contributed by atoms with Crippen LogP contribution in [0.4, 0.5) is 11.4 Å². The molecule has 3 rings (SSSR count). The number of nitrogens with zero attached hydrogens (tertiary/aromatic N) is 1. The topological polar surface area (TPSA) is 105 Å². The predicted octanol–water partition coefficient (Wildman–Crippen LogP) is 4.09. The van der Waals surface area contributed by atoms with E-state index < -0.39 is 5.97 Å². The van der Waals surface area contributed by atoms with Gasteiger partial charge in [0, 0.05) is 36.4 Å². The summed E-state index contributed by atoms with van der Waals surface area (Å²) in [6, 6.07) is 13.0. The van der Waals surface area contributed by atoms with Gasteiger partial charge in [-0.15, -0.1) is 0 Å². The molecule has 1 heterocycles. The molecule has 0 saturated carbocycles. The Bertz CT molecular complexity index is 1020. The quantitative estimate of drug-likeness (QED) is 0.514. The van der Waals surface area contributed by atoms with Crippen molar-refractivity contribution in [2.24, 2.45) is 5.92 Å². The Balaban J connectivity index is 1.52. The highest BCUT2D eigenvalue weighted by Crippen LogP contribution is 2.21. The smallest absolute Gasteiger partial charge is 0.338 e. The highest BCUT2D eigenvalue weighted by atomic mass is 16.5. The Kier molecular flexibility index (Phi) is 8.79. The van der Waals surface area contributed by atoms with Crippen LogP contribution in [0.15, 0.2) is 48.5 Å². The first-order valence-corrected chi connectivity index (χ1v) is 11.7. The highest BCUT2D eigenvalue weighted by Gasteiger charge is 2.33. The molecule has 1 unspecified atom stereocenters. The van der Waals surface area contributed by atoms with E-state index in [4.69, 9.17) is 4.74 Å². The maximum absolute atomic E-state index is 12.6. The highest BCUT2D eigenvalue weighted by molar-refractivity contribution is 6.05. The second-order valence-electron chi connectivity index (χ2n) is 8.33. The number of carbonyl (C=O) groups excluding carboxylic acids is 4. The summed E-state index contributed by atoms with van der Waals surface area (Å²) < 4.78 is 5.09. The summed E-state index contributed by atoms with van der Waals surface area (Å²) in [7, 11) is 0. The van der Waals surface area contributed by atoms with E-state index in [0.29, 0.717) is 42.2 Å². The minimum absolute atomic E-state index is 0.0199. The van der Waals surface area contributed by atoms with Gasteiger partial charge in [0.1, 0.15) is 0 Å². The molecule has 8 nitrogen and oxygen atoms in total. The van der Waals surface area contributed by atoms with Gasteiger partial charge in [0.25, 0.3) is 5.91 Å². The Labute approximate surface area is 199 Å². The summed E-state index contributed by atoms with van der Waals surface area (Å²) in [4.78, 5) is 50.8. The van der Waals surface area contributed by atoms with Crippen molar-refractivity contribution >= 4 is 35.1 Å². The first-order chi connectivity index (χ1) is 16.4. The minimum Gasteiger partial charge on any atom is -0.462 e. The fourth-order valence-electron chi connectivity index (χ4n) is 3.63. The Morgan fingerprint density at radius 1 is 0.912 bits per heavy atom. The van der Waals surface area contributed by atoms with Gasteiger partial charge in [-0.3, -0.25) is 14.4 Å². The van der Waals surface area contributed by atoms with E-state index in [1.807, 2.05) is 6.92 Å². The second-order valence-corrected chi connectivity index (χ2v) is 8.33. The predicted molar refractivity (Wildman–Crippen MR) is 130 cm³/mol. The Morgan fingerprint density at radius 3 is 2.15 bits per heavy atom. The van der Waals surface area contributed by atoms with Crippen LogP contribution < -0.4 is 10.6 Å². The molecule has 2 N–H and O–H groups in total. The van der Waals surface area contributed by atoms with Crippen LogP contribution in [0.5, 0.6) is 0 Å². The van der Waals surface area contributed by atoms with Crippen LogP contribution in [0.3, 0.4) is 0 Å². The van der Waals surface area contributed by atoms with E-state index in [1.54, 1.807) is 53.4 Å². The van der Waals surface area contributed by atoms with Crippen molar-refractivity contribution in [3.8, 4) is 0 Å². The normalized spacial score (nSPS) is 15.2. The molecule has 0 aliphatic carbocycles. The summed E-state index contributed by atoms with van der Waals surface area (Å²) in [5, 5.41) is 5.61. The summed E-state index contributed by atoms with van der Waals surface area (Å²) >= 11 is 0. The molecule has 8 heteroatoms. The number of esters is 1. The van der Waals surface area contributed by atoms with Gasteiger partial charge in [0.15, 0.2) is 0 Å². The summed E-state index contributed by atoms with van der Waals surface area (Å²) in [5.41, 5.74) is 1.96. The lowest BCUT2D eigenvalue weighted by atomic mass is 10.1. The van der Waals surface area contributed by atoms with Crippen molar-refractivity contribution in [3.05, 3.63) is 59.7 Å². The van der Waals surface area contributed by atoms with Gasteiger partial charge in [-0.25, -0.2) is 4.79 Å². The van der Waals surface area contributed by atoms with Gasteiger partial charge in [-0.05, 0) is 61.4 Å². The van der Waals surface area contributed by atoms with E-state index in [2.05, 4.69) is 17.6 Å². The van der Waals surface area contributed by atoms with Crippen LogP contribution in [0.25, 0.3) is 0 Å². The van der Waals surface area contributed by atoms with E-state index >= 15 is 0 Å². The fourth-order valence-corrected chi connectivity index (χ4v) is 3.63. The zero-order valence-corrected chi connectivity index (χ0v) is 19.6. The third-order valence-electron chi connectivity index (χ3n) is 5.60. The number of benzene rings is 2. The lowest BCUT2D eigenvalue weighted by Crippen LogP contribution is -2.29. The Hall–Kier alpha value is -3.68. The molecule has 1 aliphatic rings. The fraction of sp³-hybridized carbons (Fsp3) is 0.385. The summed E-state index contributed by atoms with van der Waals surface area (Å²) in [6.45, 7) is 5.49. The van der Waals surface area contributed by atoms with Crippen molar-refractivity contribution < 1.29 is 23.9 Å². The van der Waals surface area contributed by atoms with Crippen molar-refractivity contribution in [1.29, 1.82) is 0 Å². The number of anilines is 2. The number of hydrogen-bond acceptors (Lipinski definition) is 5. The van der Waals surface area contributed by atoms with Gasteiger partial charge in [-0.1, -0.05) is 20.3 Å². The number of carbonyl (C=O) groups is 4. The van der Waals surface area contributed by atoms with E-state index in [9.17, 15) is 19.2 Å². The average Bonchev–Trinajstić information content (AvgIpc) is 3.22. The number of unbranched alkanes of at least 4 members (excludes halogenated alkanes) is 1. The third-order valence-corrected chi connectivity index (χ3v) is 5.60. The molecule has 3 amide bonds. The maximum atomic E-state index is 12.6. The number of rotatable bonds is 10. The third kappa shape index (κ3) is 6.66. The summed E-state index contributed by atoms with van der Waals surface area (Å²) in [5.74, 6) is -1.25. The lowest BCUT2D eigenvalue weighted by molar-refractivity contribution is -0.128. The number of likely N-dealkylation sites (tertiary alicyclic amines) is 1. The molecule has 0 radical (unpaired) electrons. The summed E-state index contributed by atoms with van der Waals surface area (Å²) in [6.07, 6.45) is 2.91. The number of amides is 3. The maximum Gasteiger partial charge on any atom is 0.338 e. The molecule has 1 aliphatic heterocycles. The Morgan fingerprint density at radius 2 is 1.53 bits per heavy atom. The molecule has 0 spiro atoms. The average molecular weight is 466 g/mol. The lowest BCUT2D eigenvalue weighted by Gasteiger charge is -2.16. The first-order valence-electron chi connectivity index (χ1n) is 11.7. The van der Waals surface area contributed by atoms with E-state index in [-0.39, 0.29) is 30.1 Å². The van der Waals surface area contributed by atoms with Crippen molar-refractivity contribution in [2.75, 3.05) is 30.3 Å². The molecule has 0 aromatic heterocycles. The van der Waals surface area contributed by atoms with Crippen molar-refractivity contribution in [3.63, 3.8) is 0 Å². The molecule has 180 valence electrons. The van der Waals surface area contributed by atoms with Gasteiger partial charge in [-0.2, -0.15) is 0 Å². The SMILES string of the molecule is CCCCN1CC(C(=O)Nc2ccc(C(=O)Nc3ccc(C(=O)OCCC)cc3)cc2)CC1=O. The molecule has 34 heavy (non-hydrogen) atoms. The molecule has 0 bridgehead atoms. The molecule has 1 saturated heterocycles. The minimum atomic E-state index is -0.395. The number of ether oxygens (including phenoxy) is 1. The standard InChI is InChI=1S/C26H31N3O5/c1-3-5-14-29-17-20(16-23(29)30)25(32)28-21-10-6-18(7-11-21)24(31)27-22-12-8-19(9-13-22)26(33)34-15-4-2/h6-13,20H,3-5,14-17H2,1-2H3,(H,27,31)(H,28,32). The van der Waals surface area contributed by atoms with Gasteiger partial charge in [0.05, 0.1) is 18.1 Å². The van der Waals surface area contributed by atoms with Crippen molar-refractivity contribution in [1.82, 2.24) is 4.90 Å². The zero-order chi connectivity index (χ0) is 24.5. The van der Waals surface area contributed by atoms with Crippen LogP contribution >= 0.6 is 0 Å². The van der Waals surface area contributed by atoms with Gasteiger partial charge in [0.2, 0.25) is 11.8 Å². The van der Waals surface area contributed by atoms with Gasteiger partial charge < -0.3 is 20.3 Å². The molecular formula is C26H31N3O5. The molecule has 1 fully saturated rings. The monoisotopic (exact) mass is 465 g/mol. The largest absolute Gasteiger partial charge is 0.462 e. The molecule has 2 aromatic rings. The van der Waals surface area contributed by atoms with Crippen LogP contribution in [-0.4, -0.2) is 48.3 Å². The molecular weight excluding hydrogens is 434 g/mol. The molecule has 2 aromatic carbocycles. The van der Waals surface area contributed by atoms with Crippen LogP contribution in [0, 0.1) is 5.92 Å².